The van der Waals surface area contributed by atoms with Crippen molar-refractivity contribution in [3.63, 3.8) is 0 Å². The molecule has 102 valence electrons. The molecule has 0 aliphatic carbocycles. The van der Waals surface area contributed by atoms with Crippen LogP contribution in [0.1, 0.15) is 36.2 Å². The van der Waals surface area contributed by atoms with Crippen molar-refractivity contribution in [2.75, 3.05) is 20.2 Å². The first-order valence-corrected chi connectivity index (χ1v) is 7.58. The highest BCUT2D eigenvalue weighted by molar-refractivity contribution is 7.10. The maximum Gasteiger partial charge on any atom is 0.0595 e. The van der Waals surface area contributed by atoms with Crippen LogP contribution in [0.3, 0.4) is 0 Å². The Morgan fingerprint density at radius 1 is 1.44 bits per heavy atom. The molecule has 3 nitrogen and oxygen atoms in total. The van der Waals surface area contributed by atoms with Crippen LogP contribution in [-0.4, -0.2) is 37.2 Å². The Balaban J connectivity index is 2.10. The van der Waals surface area contributed by atoms with Gasteiger partial charge < -0.3 is 10.5 Å². The molecule has 2 rings (SSSR count). The van der Waals surface area contributed by atoms with E-state index in [1.54, 1.807) is 0 Å². The number of ether oxygens (including phenoxy) is 1. The Bertz CT molecular complexity index is 370. The highest BCUT2D eigenvalue weighted by atomic mass is 32.1. The van der Waals surface area contributed by atoms with Gasteiger partial charge in [0, 0.05) is 31.1 Å². The monoisotopic (exact) mass is 268 g/mol. The van der Waals surface area contributed by atoms with Crippen molar-refractivity contribution in [3.8, 4) is 0 Å². The van der Waals surface area contributed by atoms with Crippen LogP contribution in [0.15, 0.2) is 11.4 Å². The van der Waals surface area contributed by atoms with Gasteiger partial charge in [0.05, 0.1) is 12.1 Å². The molecule has 0 aromatic carbocycles. The second-order valence-corrected chi connectivity index (χ2v) is 6.19. The van der Waals surface area contributed by atoms with Gasteiger partial charge in [-0.1, -0.05) is 0 Å². The van der Waals surface area contributed by atoms with Gasteiger partial charge in [0.25, 0.3) is 0 Å². The van der Waals surface area contributed by atoms with E-state index in [0.29, 0.717) is 12.1 Å². The van der Waals surface area contributed by atoms with E-state index in [9.17, 15) is 0 Å². The minimum Gasteiger partial charge on any atom is -0.381 e. The van der Waals surface area contributed by atoms with Gasteiger partial charge in [-0.05, 0) is 43.7 Å². The smallest absolute Gasteiger partial charge is 0.0595 e. The Morgan fingerprint density at radius 3 is 2.56 bits per heavy atom. The summed E-state index contributed by atoms with van der Waals surface area (Å²) in [5.74, 6) is 0. The molecule has 2 unspecified atom stereocenters. The lowest BCUT2D eigenvalue weighted by Gasteiger charge is -2.38. The average molecular weight is 268 g/mol. The summed E-state index contributed by atoms with van der Waals surface area (Å²) in [6, 6.07) is 2.72. The maximum absolute atomic E-state index is 6.23. The van der Waals surface area contributed by atoms with E-state index in [1.807, 2.05) is 18.4 Å². The van der Waals surface area contributed by atoms with Crippen LogP contribution in [0.25, 0.3) is 0 Å². The molecule has 1 aliphatic heterocycles. The summed E-state index contributed by atoms with van der Waals surface area (Å²) in [6.45, 7) is 6.47. The lowest BCUT2D eigenvalue weighted by Crippen LogP contribution is -2.44. The lowest BCUT2D eigenvalue weighted by molar-refractivity contribution is 0.0239. The topological polar surface area (TPSA) is 38.5 Å². The first-order chi connectivity index (χ1) is 8.63. The zero-order chi connectivity index (χ0) is 13.1. The molecule has 2 N–H and O–H groups in total. The highest BCUT2D eigenvalue weighted by Gasteiger charge is 2.29. The number of nitrogens with zero attached hydrogens (tertiary/aromatic N) is 1. The van der Waals surface area contributed by atoms with Crippen LogP contribution in [0.2, 0.25) is 0 Å². The summed E-state index contributed by atoms with van der Waals surface area (Å²) >= 11 is 1.83. The van der Waals surface area contributed by atoms with Gasteiger partial charge in [-0.25, -0.2) is 0 Å². The molecule has 0 bridgehead atoms. The SMILES string of the molecule is COC1CCN(C(c2sccc2C)C(C)N)CC1. The predicted molar refractivity (Wildman–Crippen MR) is 77.1 cm³/mol. The van der Waals surface area contributed by atoms with Gasteiger partial charge in [-0.2, -0.15) is 0 Å². The maximum atomic E-state index is 6.23. The van der Waals surface area contributed by atoms with Crippen LogP contribution >= 0.6 is 11.3 Å². The molecule has 1 aliphatic rings. The number of likely N-dealkylation sites (tertiary alicyclic amines) is 1. The molecule has 0 spiro atoms. The van der Waals surface area contributed by atoms with Crippen LogP contribution in [0.4, 0.5) is 0 Å². The van der Waals surface area contributed by atoms with Gasteiger partial charge >= 0.3 is 0 Å². The summed E-state index contributed by atoms with van der Waals surface area (Å²) in [6.07, 6.45) is 2.66. The third-order valence-electron chi connectivity index (χ3n) is 3.87. The van der Waals surface area contributed by atoms with Crippen LogP contribution in [-0.2, 0) is 4.74 Å². The summed E-state index contributed by atoms with van der Waals surface area (Å²) in [5, 5.41) is 2.17. The Labute approximate surface area is 114 Å². The molecule has 4 heteroatoms. The van der Waals surface area contributed by atoms with Crippen LogP contribution in [0.5, 0.6) is 0 Å². The average Bonchev–Trinajstić information content (AvgIpc) is 2.76. The zero-order valence-electron chi connectivity index (χ0n) is 11.6. The number of hydrogen-bond donors (Lipinski definition) is 1. The third kappa shape index (κ3) is 2.94. The van der Waals surface area contributed by atoms with Crippen molar-refractivity contribution >= 4 is 11.3 Å². The Hall–Kier alpha value is -0.420. The van der Waals surface area contributed by atoms with Crippen molar-refractivity contribution < 1.29 is 4.74 Å². The molecule has 1 aromatic heterocycles. The fourth-order valence-electron chi connectivity index (χ4n) is 2.81. The second-order valence-electron chi connectivity index (χ2n) is 5.24. The van der Waals surface area contributed by atoms with E-state index in [4.69, 9.17) is 10.5 Å². The predicted octanol–water partition coefficient (Wildman–Crippen LogP) is 2.56. The normalized spacial score (nSPS) is 22.0. The standard InChI is InChI=1S/C14H24N2OS/c1-10-6-9-18-14(10)13(11(2)15)16-7-4-12(17-3)5-8-16/h6,9,11-13H,4-5,7-8,15H2,1-3H3. The molecule has 1 aromatic rings. The van der Waals surface area contributed by atoms with Crippen molar-refractivity contribution in [1.29, 1.82) is 0 Å². The Kier molecular flexibility index (Phi) is 4.78. The molecule has 2 heterocycles. The molecular weight excluding hydrogens is 244 g/mol. The van der Waals surface area contributed by atoms with E-state index < -0.39 is 0 Å². The number of aryl methyl sites for hydroxylation is 1. The summed E-state index contributed by atoms with van der Waals surface area (Å²) in [4.78, 5) is 3.96. The van der Waals surface area contributed by atoms with Gasteiger partial charge in [0.1, 0.15) is 0 Å². The van der Waals surface area contributed by atoms with E-state index >= 15 is 0 Å². The number of thiophene rings is 1. The number of nitrogens with two attached hydrogens (primary N) is 1. The van der Waals surface area contributed by atoms with E-state index in [2.05, 4.69) is 30.2 Å². The lowest BCUT2D eigenvalue weighted by atomic mass is 9.99. The van der Waals surface area contributed by atoms with E-state index in [-0.39, 0.29) is 6.04 Å². The highest BCUT2D eigenvalue weighted by Crippen LogP contribution is 2.32. The minimum atomic E-state index is 0.168. The molecule has 1 saturated heterocycles. The summed E-state index contributed by atoms with van der Waals surface area (Å²) < 4.78 is 5.44. The van der Waals surface area contributed by atoms with Gasteiger partial charge in [-0.15, -0.1) is 11.3 Å². The minimum absolute atomic E-state index is 0.168. The first kappa shape index (κ1) is 14.0. The quantitative estimate of drug-likeness (QED) is 0.912. The largest absolute Gasteiger partial charge is 0.381 e. The fraction of sp³-hybridized carbons (Fsp3) is 0.714. The molecule has 0 saturated carbocycles. The van der Waals surface area contributed by atoms with E-state index in [0.717, 1.165) is 25.9 Å². The van der Waals surface area contributed by atoms with Crippen LogP contribution < -0.4 is 5.73 Å². The first-order valence-electron chi connectivity index (χ1n) is 6.70. The zero-order valence-corrected chi connectivity index (χ0v) is 12.4. The summed E-state index contributed by atoms with van der Waals surface area (Å²) in [7, 11) is 1.81. The van der Waals surface area contributed by atoms with Gasteiger partial charge in [-0.3, -0.25) is 4.90 Å². The Morgan fingerprint density at radius 2 is 2.11 bits per heavy atom. The van der Waals surface area contributed by atoms with Crippen molar-refractivity contribution in [2.24, 2.45) is 5.73 Å². The van der Waals surface area contributed by atoms with Gasteiger partial charge in [0.2, 0.25) is 0 Å². The number of rotatable bonds is 4. The number of methoxy groups -OCH3 is 1. The van der Waals surface area contributed by atoms with Crippen molar-refractivity contribution in [2.45, 2.75) is 44.9 Å². The third-order valence-corrected chi connectivity index (χ3v) is 4.96. The van der Waals surface area contributed by atoms with E-state index in [1.165, 1.54) is 10.4 Å². The second kappa shape index (κ2) is 6.15. The molecule has 18 heavy (non-hydrogen) atoms. The molecule has 1 fully saturated rings. The number of piperidine rings is 1. The van der Waals surface area contributed by atoms with Crippen molar-refractivity contribution in [1.82, 2.24) is 4.90 Å². The molecule has 0 radical (unpaired) electrons. The molecular formula is C14H24N2OS. The number of hydrogen-bond acceptors (Lipinski definition) is 4. The van der Waals surface area contributed by atoms with Gasteiger partial charge in [0.15, 0.2) is 0 Å². The van der Waals surface area contributed by atoms with Crippen LogP contribution in [0, 0.1) is 6.92 Å². The fourth-order valence-corrected chi connectivity index (χ4v) is 3.99. The molecule has 2 atom stereocenters. The van der Waals surface area contributed by atoms with Crippen molar-refractivity contribution in [3.05, 3.63) is 21.9 Å². The molecule has 0 amide bonds. The summed E-state index contributed by atoms with van der Waals surface area (Å²) in [5.41, 5.74) is 7.60.